The molecule has 0 fully saturated rings. The fourth-order valence-electron chi connectivity index (χ4n) is 2.58. The summed E-state index contributed by atoms with van der Waals surface area (Å²) in [5.74, 6) is 0. The maximum Gasteiger partial charge on any atom is 0.332 e. The lowest BCUT2D eigenvalue weighted by Gasteiger charge is -2.09. The van der Waals surface area contributed by atoms with E-state index in [-0.39, 0.29) is 11.2 Å². The standard InChI is InChI=1S/C12H13N3O2/c1-14-10-9(11(16)15(2)12(14)17)8-5-3-4-7(8)6-13-10/h6H,3-5H2,1-2H3. The first-order valence-corrected chi connectivity index (χ1v) is 5.67. The van der Waals surface area contributed by atoms with Crippen LogP contribution in [0.4, 0.5) is 0 Å². The van der Waals surface area contributed by atoms with E-state index >= 15 is 0 Å². The summed E-state index contributed by atoms with van der Waals surface area (Å²) in [6.45, 7) is 0. The van der Waals surface area contributed by atoms with E-state index < -0.39 is 0 Å². The van der Waals surface area contributed by atoms with Crippen molar-refractivity contribution in [2.75, 3.05) is 0 Å². The Balaban J connectivity index is 2.63. The monoisotopic (exact) mass is 231 g/mol. The molecule has 0 aromatic carbocycles. The first-order valence-electron chi connectivity index (χ1n) is 5.67. The first kappa shape index (κ1) is 10.3. The van der Waals surface area contributed by atoms with E-state index in [4.69, 9.17) is 0 Å². The number of fused-ring (bicyclic) bond motifs is 3. The first-order chi connectivity index (χ1) is 8.11. The maximum absolute atomic E-state index is 12.2. The number of pyridine rings is 1. The van der Waals surface area contributed by atoms with Crippen LogP contribution in [0.15, 0.2) is 15.8 Å². The van der Waals surface area contributed by atoms with Gasteiger partial charge in [0.2, 0.25) is 0 Å². The average Bonchev–Trinajstić information content (AvgIpc) is 2.80. The van der Waals surface area contributed by atoms with Crippen LogP contribution in [0.25, 0.3) is 11.0 Å². The highest BCUT2D eigenvalue weighted by atomic mass is 16.2. The van der Waals surface area contributed by atoms with Crippen molar-refractivity contribution in [1.82, 2.24) is 14.1 Å². The van der Waals surface area contributed by atoms with E-state index in [2.05, 4.69) is 4.98 Å². The van der Waals surface area contributed by atoms with E-state index in [1.165, 1.54) is 11.6 Å². The average molecular weight is 231 g/mol. The van der Waals surface area contributed by atoms with Gasteiger partial charge in [-0.15, -0.1) is 0 Å². The van der Waals surface area contributed by atoms with Crippen molar-refractivity contribution in [3.05, 3.63) is 38.2 Å². The SMILES string of the molecule is Cn1c(=O)c2c3c(cnc2n(C)c1=O)CCC3. The van der Waals surface area contributed by atoms with Crippen molar-refractivity contribution in [3.63, 3.8) is 0 Å². The Hall–Kier alpha value is -1.91. The van der Waals surface area contributed by atoms with E-state index in [9.17, 15) is 9.59 Å². The van der Waals surface area contributed by atoms with E-state index in [1.54, 1.807) is 13.2 Å². The summed E-state index contributed by atoms with van der Waals surface area (Å²) in [6, 6.07) is 0. The highest BCUT2D eigenvalue weighted by Crippen LogP contribution is 2.25. The van der Waals surface area contributed by atoms with Gasteiger partial charge < -0.3 is 0 Å². The highest BCUT2D eigenvalue weighted by molar-refractivity contribution is 5.79. The smallest absolute Gasteiger partial charge is 0.280 e. The Labute approximate surface area is 97.3 Å². The summed E-state index contributed by atoms with van der Waals surface area (Å²) < 4.78 is 2.60. The zero-order chi connectivity index (χ0) is 12.2. The second-order valence-corrected chi connectivity index (χ2v) is 4.52. The number of aryl methyl sites for hydroxylation is 3. The van der Waals surface area contributed by atoms with Crippen LogP contribution in [-0.2, 0) is 26.9 Å². The molecule has 0 atom stereocenters. The number of nitrogens with zero attached hydrogens (tertiary/aromatic N) is 3. The molecule has 5 nitrogen and oxygen atoms in total. The molecule has 3 rings (SSSR count). The minimum Gasteiger partial charge on any atom is -0.280 e. The summed E-state index contributed by atoms with van der Waals surface area (Å²) in [6.07, 6.45) is 4.73. The minimum atomic E-state index is -0.326. The van der Waals surface area contributed by atoms with Crippen LogP contribution in [0, 0.1) is 0 Å². The fourth-order valence-corrected chi connectivity index (χ4v) is 2.58. The molecule has 0 radical (unpaired) electrons. The molecule has 88 valence electrons. The van der Waals surface area contributed by atoms with Crippen molar-refractivity contribution < 1.29 is 0 Å². The number of hydrogen-bond donors (Lipinski definition) is 0. The Morgan fingerprint density at radius 2 is 1.94 bits per heavy atom. The molecular weight excluding hydrogens is 218 g/mol. The molecule has 0 saturated carbocycles. The Morgan fingerprint density at radius 1 is 1.18 bits per heavy atom. The molecule has 0 amide bonds. The van der Waals surface area contributed by atoms with Gasteiger partial charge in [-0.3, -0.25) is 13.9 Å². The van der Waals surface area contributed by atoms with Crippen molar-refractivity contribution in [2.24, 2.45) is 14.1 Å². The zero-order valence-electron chi connectivity index (χ0n) is 9.86. The third kappa shape index (κ3) is 1.22. The van der Waals surface area contributed by atoms with Crippen molar-refractivity contribution in [3.8, 4) is 0 Å². The second-order valence-electron chi connectivity index (χ2n) is 4.52. The van der Waals surface area contributed by atoms with Crippen LogP contribution in [0.5, 0.6) is 0 Å². The van der Waals surface area contributed by atoms with Crippen LogP contribution >= 0.6 is 0 Å². The third-order valence-corrected chi connectivity index (χ3v) is 3.54. The minimum absolute atomic E-state index is 0.227. The second kappa shape index (κ2) is 3.29. The third-order valence-electron chi connectivity index (χ3n) is 3.54. The van der Waals surface area contributed by atoms with Gasteiger partial charge in [0.05, 0.1) is 5.39 Å². The molecule has 2 heterocycles. The van der Waals surface area contributed by atoms with Gasteiger partial charge in [-0.2, -0.15) is 0 Å². The van der Waals surface area contributed by atoms with Crippen molar-refractivity contribution in [2.45, 2.75) is 19.3 Å². The zero-order valence-corrected chi connectivity index (χ0v) is 9.86. The lowest BCUT2D eigenvalue weighted by molar-refractivity contribution is 0.706. The quantitative estimate of drug-likeness (QED) is 0.647. The molecule has 1 aliphatic rings. The van der Waals surface area contributed by atoms with Crippen LogP contribution in [-0.4, -0.2) is 14.1 Å². The van der Waals surface area contributed by atoms with Gasteiger partial charge in [0.25, 0.3) is 5.56 Å². The molecule has 0 aliphatic heterocycles. The van der Waals surface area contributed by atoms with E-state index in [1.807, 2.05) is 0 Å². The predicted molar refractivity (Wildman–Crippen MR) is 64.3 cm³/mol. The van der Waals surface area contributed by atoms with Gasteiger partial charge in [0.15, 0.2) is 0 Å². The van der Waals surface area contributed by atoms with Crippen LogP contribution in [0.2, 0.25) is 0 Å². The molecule has 0 bridgehead atoms. The van der Waals surface area contributed by atoms with Gasteiger partial charge in [0, 0.05) is 20.3 Å². The molecule has 0 unspecified atom stereocenters. The van der Waals surface area contributed by atoms with Gasteiger partial charge in [-0.05, 0) is 30.4 Å². The summed E-state index contributed by atoms with van der Waals surface area (Å²) in [5, 5.41) is 0.615. The largest absolute Gasteiger partial charge is 0.332 e. The molecule has 1 aliphatic carbocycles. The Morgan fingerprint density at radius 3 is 2.71 bits per heavy atom. The van der Waals surface area contributed by atoms with Crippen molar-refractivity contribution in [1.29, 1.82) is 0 Å². The molecule has 0 spiro atoms. The summed E-state index contributed by atoms with van der Waals surface area (Å²) >= 11 is 0. The molecule has 0 N–H and O–H groups in total. The molecule has 2 aromatic heterocycles. The van der Waals surface area contributed by atoms with Crippen LogP contribution in [0.1, 0.15) is 17.5 Å². The summed E-state index contributed by atoms with van der Waals surface area (Å²) in [7, 11) is 3.16. The van der Waals surface area contributed by atoms with Crippen molar-refractivity contribution >= 4 is 11.0 Å². The Bertz CT molecular complexity index is 740. The van der Waals surface area contributed by atoms with Gasteiger partial charge in [-0.25, -0.2) is 9.78 Å². The molecular formula is C12H13N3O2. The fraction of sp³-hybridized carbons (Fsp3) is 0.417. The number of hydrogen-bond acceptors (Lipinski definition) is 3. The molecule has 17 heavy (non-hydrogen) atoms. The highest BCUT2D eigenvalue weighted by Gasteiger charge is 2.19. The van der Waals surface area contributed by atoms with E-state index in [0.717, 1.165) is 35.0 Å². The Kier molecular flexibility index (Phi) is 1.98. The van der Waals surface area contributed by atoms with Gasteiger partial charge in [-0.1, -0.05) is 0 Å². The van der Waals surface area contributed by atoms with Crippen LogP contribution < -0.4 is 11.2 Å². The lowest BCUT2D eigenvalue weighted by Crippen LogP contribution is -2.37. The lowest BCUT2D eigenvalue weighted by atomic mass is 10.1. The van der Waals surface area contributed by atoms with Gasteiger partial charge in [0.1, 0.15) is 5.65 Å². The maximum atomic E-state index is 12.2. The van der Waals surface area contributed by atoms with E-state index in [0.29, 0.717) is 11.0 Å². The van der Waals surface area contributed by atoms with Gasteiger partial charge >= 0.3 is 5.69 Å². The molecule has 0 saturated heterocycles. The van der Waals surface area contributed by atoms with Crippen LogP contribution in [0.3, 0.4) is 0 Å². The number of rotatable bonds is 0. The number of aromatic nitrogens is 3. The summed E-state index contributed by atoms with van der Waals surface area (Å²) in [4.78, 5) is 28.2. The normalized spacial score (nSPS) is 14.2. The predicted octanol–water partition coefficient (Wildman–Crippen LogP) is 0.121. The summed E-state index contributed by atoms with van der Waals surface area (Å²) in [5.41, 5.74) is 2.17. The molecule has 2 aromatic rings. The topological polar surface area (TPSA) is 56.9 Å². The molecule has 5 heteroatoms.